The Morgan fingerprint density at radius 1 is 0.840 bits per heavy atom. The van der Waals surface area contributed by atoms with Crippen LogP contribution in [0.5, 0.6) is 23.0 Å². The van der Waals surface area contributed by atoms with Gasteiger partial charge >= 0.3 is 0 Å². The number of nitro benzene ring substituents is 1. The molecule has 0 spiro atoms. The molecule has 0 saturated carbocycles. The van der Waals surface area contributed by atoms with E-state index in [2.05, 4.69) is 0 Å². The maximum Gasteiger partial charge on any atom is 0.271 e. The molecule has 25 heavy (non-hydrogen) atoms. The third-order valence-corrected chi connectivity index (χ3v) is 3.32. The number of para-hydroxylation sites is 1. The Morgan fingerprint density at radius 3 is 2.04 bits per heavy atom. The highest BCUT2D eigenvalue weighted by molar-refractivity contribution is 5.51. The van der Waals surface area contributed by atoms with Crippen LogP contribution in [0.2, 0.25) is 0 Å². The molecule has 0 N–H and O–H groups in total. The van der Waals surface area contributed by atoms with Crippen LogP contribution in [-0.4, -0.2) is 4.92 Å². The molecule has 122 valence electrons. The quantitative estimate of drug-likeness (QED) is 0.482. The van der Waals surface area contributed by atoms with Gasteiger partial charge in [-0.2, -0.15) is 5.26 Å². The van der Waals surface area contributed by atoms with E-state index in [0.29, 0.717) is 11.5 Å². The average molecular weight is 332 g/mol. The molecule has 6 nitrogen and oxygen atoms in total. The van der Waals surface area contributed by atoms with Crippen LogP contribution < -0.4 is 9.47 Å². The minimum Gasteiger partial charge on any atom is -0.457 e. The summed E-state index contributed by atoms with van der Waals surface area (Å²) in [5.74, 6) is 2.11. The van der Waals surface area contributed by atoms with Crippen molar-refractivity contribution < 1.29 is 14.4 Å². The molecule has 0 amide bonds. The van der Waals surface area contributed by atoms with Gasteiger partial charge in [-0.05, 0) is 42.5 Å². The van der Waals surface area contributed by atoms with Crippen LogP contribution >= 0.6 is 0 Å². The van der Waals surface area contributed by atoms with Gasteiger partial charge in [0, 0.05) is 12.1 Å². The normalized spacial score (nSPS) is 9.88. The summed E-state index contributed by atoms with van der Waals surface area (Å²) in [6, 6.07) is 22.0. The number of hydrogen-bond acceptors (Lipinski definition) is 5. The van der Waals surface area contributed by atoms with Gasteiger partial charge in [0.2, 0.25) is 0 Å². The van der Waals surface area contributed by atoms with Crippen LogP contribution in [0.25, 0.3) is 0 Å². The van der Waals surface area contributed by atoms with Crippen LogP contribution in [0, 0.1) is 21.4 Å². The number of nitriles is 1. The molecule has 0 radical (unpaired) electrons. The first-order valence-electron chi connectivity index (χ1n) is 7.35. The predicted molar refractivity (Wildman–Crippen MR) is 90.8 cm³/mol. The van der Waals surface area contributed by atoms with Crippen molar-refractivity contribution in [2.24, 2.45) is 0 Å². The first-order valence-corrected chi connectivity index (χ1v) is 7.35. The summed E-state index contributed by atoms with van der Waals surface area (Å²) in [4.78, 5) is 10.2. The lowest BCUT2D eigenvalue weighted by Gasteiger charge is -2.09. The fourth-order valence-corrected chi connectivity index (χ4v) is 2.14. The molecule has 3 aromatic carbocycles. The van der Waals surface area contributed by atoms with Gasteiger partial charge in [-0.25, -0.2) is 0 Å². The van der Waals surface area contributed by atoms with Gasteiger partial charge in [0.1, 0.15) is 34.6 Å². The molecule has 0 saturated heterocycles. The Kier molecular flexibility index (Phi) is 4.58. The van der Waals surface area contributed by atoms with Gasteiger partial charge in [0.05, 0.1) is 4.92 Å². The van der Waals surface area contributed by atoms with Gasteiger partial charge in [-0.3, -0.25) is 10.1 Å². The van der Waals surface area contributed by atoms with Crippen molar-refractivity contribution in [1.29, 1.82) is 5.26 Å². The highest BCUT2D eigenvalue weighted by atomic mass is 16.6. The zero-order chi connectivity index (χ0) is 17.6. The van der Waals surface area contributed by atoms with E-state index in [4.69, 9.17) is 14.7 Å². The second-order valence-corrected chi connectivity index (χ2v) is 5.04. The van der Waals surface area contributed by atoms with E-state index in [1.54, 1.807) is 24.3 Å². The summed E-state index contributed by atoms with van der Waals surface area (Å²) in [6.07, 6.45) is 0. The predicted octanol–water partition coefficient (Wildman–Crippen LogP) is 5.05. The minimum absolute atomic E-state index is 0.0961. The molecular weight excluding hydrogens is 320 g/mol. The molecule has 0 unspecified atom stereocenters. The largest absolute Gasteiger partial charge is 0.457 e. The van der Waals surface area contributed by atoms with Crippen molar-refractivity contribution in [2.45, 2.75) is 0 Å². The van der Waals surface area contributed by atoms with Crippen LogP contribution in [0.15, 0.2) is 72.8 Å². The third-order valence-electron chi connectivity index (χ3n) is 3.32. The number of ether oxygens (including phenoxy) is 2. The number of hydrogen-bond donors (Lipinski definition) is 0. The molecule has 6 heteroatoms. The summed E-state index contributed by atoms with van der Waals surface area (Å²) in [5, 5.41) is 19.9. The van der Waals surface area contributed by atoms with E-state index in [1.807, 2.05) is 36.4 Å². The standard InChI is InChI=1S/C19H12N2O4/c20-13-14-12-15(21(22)23)6-11-19(14)25-18-9-7-17(8-10-18)24-16-4-2-1-3-5-16/h1-12H. The van der Waals surface area contributed by atoms with Gasteiger partial charge in [0.15, 0.2) is 0 Å². The molecule has 0 heterocycles. The number of nitrogens with zero attached hydrogens (tertiary/aromatic N) is 2. The van der Waals surface area contributed by atoms with E-state index in [1.165, 1.54) is 18.2 Å². The van der Waals surface area contributed by atoms with E-state index in [-0.39, 0.29) is 17.0 Å². The minimum atomic E-state index is -0.555. The van der Waals surface area contributed by atoms with Crippen LogP contribution in [0.4, 0.5) is 5.69 Å². The fraction of sp³-hybridized carbons (Fsp3) is 0. The zero-order valence-corrected chi connectivity index (χ0v) is 13.0. The van der Waals surface area contributed by atoms with E-state index >= 15 is 0 Å². The fourth-order valence-electron chi connectivity index (χ4n) is 2.14. The zero-order valence-electron chi connectivity index (χ0n) is 13.0. The Labute approximate surface area is 143 Å². The first-order chi connectivity index (χ1) is 12.2. The summed E-state index contributed by atoms with van der Waals surface area (Å²) in [6.45, 7) is 0. The molecule has 3 aromatic rings. The molecule has 0 bridgehead atoms. The lowest BCUT2D eigenvalue weighted by atomic mass is 10.2. The SMILES string of the molecule is N#Cc1cc([N+](=O)[O-])ccc1Oc1ccc(Oc2ccccc2)cc1. The van der Waals surface area contributed by atoms with Gasteiger partial charge in [-0.15, -0.1) is 0 Å². The number of rotatable bonds is 5. The van der Waals surface area contributed by atoms with Gasteiger partial charge in [0.25, 0.3) is 5.69 Å². The van der Waals surface area contributed by atoms with Gasteiger partial charge < -0.3 is 9.47 Å². The summed E-state index contributed by atoms with van der Waals surface area (Å²) >= 11 is 0. The first kappa shape index (κ1) is 16.0. The lowest BCUT2D eigenvalue weighted by Crippen LogP contribution is -1.92. The summed E-state index contributed by atoms with van der Waals surface area (Å²) in [7, 11) is 0. The monoisotopic (exact) mass is 332 g/mol. The third kappa shape index (κ3) is 3.92. The number of benzene rings is 3. The van der Waals surface area contributed by atoms with Crippen LogP contribution in [-0.2, 0) is 0 Å². The van der Waals surface area contributed by atoms with Crippen molar-refractivity contribution in [3.8, 4) is 29.1 Å². The van der Waals surface area contributed by atoms with Crippen molar-refractivity contribution in [3.63, 3.8) is 0 Å². The molecule has 0 aliphatic carbocycles. The lowest BCUT2D eigenvalue weighted by molar-refractivity contribution is -0.384. The highest BCUT2D eigenvalue weighted by Gasteiger charge is 2.12. The van der Waals surface area contributed by atoms with Crippen molar-refractivity contribution in [2.75, 3.05) is 0 Å². The van der Waals surface area contributed by atoms with E-state index in [9.17, 15) is 10.1 Å². The maximum atomic E-state index is 10.8. The Bertz CT molecular complexity index is 932. The van der Waals surface area contributed by atoms with Crippen molar-refractivity contribution in [3.05, 3.63) is 88.5 Å². The van der Waals surface area contributed by atoms with Crippen molar-refractivity contribution in [1.82, 2.24) is 0 Å². The maximum absolute atomic E-state index is 10.8. The van der Waals surface area contributed by atoms with E-state index in [0.717, 1.165) is 5.75 Å². The highest BCUT2D eigenvalue weighted by Crippen LogP contribution is 2.30. The smallest absolute Gasteiger partial charge is 0.271 e. The molecule has 3 rings (SSSR count). The molecule has 0 aliphatic heterocycles. The Balaban J connectivity index is 1.75. The van der Waals surface area contributed by atoms with Crippen molar-refractivity contribution >= 4 is 5.69 Å². The Hall–Kier alpha value is -3.85. The summed E-state index contributed by atoms with van der Waals surface area (Å²) < 4.78 is 11.3. The van der Waals surface area contributed by atoms with Crippen LogP contribution in [0.3, 0.4) is 0 Å². The van der Waals surface area contributed by atoms with Gasteiger partial charge in [-0.1, -0.05) is 18.2 Å². The molecule has 0 atom stereocenters. The average Bonchev–Trinajstić information content (AvgIpc) is 2.64. The molecule has 0 fully saturated rings. The number of non-ortho nitro benzene ring substituents is 1. The Morgan fingerprint density at radius 2 is 1.44 bits per heavy atom. The summed E-state index contributed by atoms with van der Waals surface area (Å²) in [5.41, 5.74) is -0.0608. The molecular formula is C19H12N2O4. The second kappa shape index (κ2) is 7.15. The molecule has 0 aromatic heterocycles. The van der Waals surface area contributed by atoms with E-state index < -0.39 is 4.92 Å². The van der Waals surface area contributed by atoms with Crippen LogP contribution in [0.1, 0.15) is 5.56 Å². The molecule has 0 aliphatic rings. The second-order valence-electron chi connectivity index (χ2n) is 5.04. The topological polar surface area (TPSA) is 85.4 Å². The number of nitro groups is 1.